The van der Waals surface area contributed by atoms with Crippen LogP contribution in [0, 0.1) is 6.92 Å². The van der Waals surface area contributed by atoms with Gasteiger partial charge in [0, 0.05) is 5.69 Å². The van der Waals surface area contributed by atoms with Gasteiger partial charge in [0.1, 0.15) is 5.75 Å². The zero-order valence-corrected chi connectivity index (χ0v) is 11.0. The molecule has 0 saturated carbocycles. The molecule has 0 bridgehead atoms. The SMILES string of the molecule is CCC(CO)NC(=O)Nc1ccc(OC)c(C)c1. The van der Waals surface area contributed by atoms with Gasteiger partial charge < -0.3 is 20.5 Å². The van der Waals surface area contributed by atoms with Crippen LogP contribution in [0.15, 0.2) is 18.2 Å². The third kappa shape index (κ3) is 3.92. The number of amides is 2. The number of aliphatic hydroxyl groups excluding tert-OH is 1. The van der Waals surface area contributed by atoms with Crippen LogP contribution >= 0.6 is 0 Å². The van der Waals surface area contributed by atoms with Crippen molar-refractivity contribution in [3.05, 3.63) is 23.8 Å². The molecule has 0 aliphatic heterocycles. The second-order valence-electron chi connectivity index (χ2n) is 4.07. The molecule has 1 aromatic carbocycles. The van der Waals surface area contributed by atoms with E-state index in [-0.39, 0.29) is 18.7 Å². The lowest BCUT2D eigenvalue weighted by atomic mass is 10.2. The van der Waals surface area contributed by atoms with Gasteiger partial charge in [0.2, 0.25) is 0 Å². The van der Waals surface area contributed by atoms with E-state index >= 15 is 0 Å². The fraction of sp³-hybridized carbons (Fsp3) is 0.462. The van der Waals surface area contributed by atoms with Crippen molar-refractivity contribution in [3.63, 3.8) is 0 Å². The quantitative estimate of drug-likeness (QED) is 0.749. The number of carbonyl (C=O) groups is 1. The lowest BCUT2D eigenvalue weighted by Gasteiger charge is -2.15. The highest BCUT2D eigenvalue weighted by Crippen LogP contribution is 2.21. The van der Waals surface area contributed by atoms with E-state index in [9.17, 15) is 4.79 Å². The Balaban J connectivity index is 2.62. The number of hydrogen-bond donors (Lipinski definition) is 3. The smallest absolute Gasteiger partial charge is 0.319 e. The second kappa shape index (κ2) is 6.86. The highest BCUT2D eigenvalue weighted by atomic mass is 16.5. The number of benzene rings is 1. The number of nitrogens with one attached hydrogen (secondary N) is 2. The van der Waals surface area contributed by atoms with E-state index in [0.29, 0.717) is 12.1 Å². The van der Waals surface area contributed by atoms with Gasteiger partial charge in [-0.2, -0.15) is 0 Å². The van der Waals surface area contributed by atoms with Gasteiger partial charge in [-0.25, -0.2) is 4.79 Å². The Morgan fingerprint density at radius 1 is 1.50 bits per heavy atom. The van der Waals surface area contributed by atoms with E-state index in [4.69, 9.17) is 9.84 Å². The van der Waals surface area contributed by atoms with Crippen molar-refractivity contribution in [2.75, 3.05) is 19.0 Å². The van der Waals surface area contributed by atoms with Crippen LogP contribution in [0.3, 0.4) is 0 Å². The molecule has 0 spiro atoms. The van der Waals surface area contributed by atoms with Crippen LogP contribution in [0.25, 0.3) is 0 Å². The molecule has 0 aromatic heterocycles. The van der Waals surface area contributed by atoms with Gasteiger partial charge >= 0.3 is 6.03 Å². The van der Waals surface area contributed by atoms with E-state index < -0.39 is 0 Å². The molecule has 1 atom stereocenters. The predicted octanol–water partition coefficient (Wildman–Crippen LogP) is 1.90. The van der Waals surface area contributed by atoms with Crippen LogP contribution in [0.4, 0.5) is 10.5 Å². The number of ether oxygens (including phenoxy) is 1. The predicted molar refractivity (Wildman–Crippen MR) is 71.1 cm³/mol. The molecule has 0 aliphatic carbocycles. The number of aryl methyl sites for hydroxylation is 1. The molecule has 5 nitrogen and oxygen atoms in total. The number of rotatable bonds is 5. The summed E-state index contributed by atoms with van der Waals surface area (Å²) in [6, 6.07) is 4.86. The minimum absolute atomic E-state index is 0.0639. The third-order valence-electron chi connectivity index (χ3n) is 2.70. The van der Waals surface area contributed by atoms with E-state index in [0.717, 1.165) is 11.3 Å². The average Bonchev–Trinajstić information content (AvgIpc) is 2.36. The number of methoxy groups -OCH3 is 1. The van der Waals surface area contributed by atoms with Gasteiger partial charge in [-0.05, 0) is 37.1 Å². The maximum atomic E-state index is 11.6. The van der Waals surface area contributed by atoms with Gasteiger partial charge in [-0.1, -0.05) is 6.92 Å². The van der Waals surface area contributed by atoms with E-state index in [2.05, 4.69) is 10.6 Å². The molecule has 1 aromatic rings. The first-order valence-corrected chi connectivity index (χ1v) is 5.93. The molecule has 0 saturated heterocycles. The Hall–Kier alpha value is -1.75. The summed E-state index contributed by atoms with van der Waals surface area (Å²) in [5.41, 5.74) is 1.64. The molecule has 5 heteroatoms. The Bertz CT molecular complexity index is 403. The zero-order valence-electron chi connectivity index (χ0n) is 11.0. The minimum atomic E-state index is -0.319. The number of hydrogen-bond acceptors (Lipinski definition) is 3. The van der Waals surface area contributed by atoms with E-state index in [1.807, 2.05) is 19.9 Å². The first-order chi connectivity index (χ1) is 8.60. The van der Waals surface area contributed by atoms with Gasteiger partial charge in [-0.15, -0.1) is 0 Å². The van der Waals surface area contributed by atoms with Gasteiger partial charge in [0.25, 0.3) is 0 Å². The number of urea groups is 1. The second-order valence-corrected chi connectivity index (χ2v) is 4.07. The fourth-order valence-corrected chi connectivity index (χ4v) is 1.59. The molecular formula is C13H20N2O3. The molecule has 18 heavy (non-hydrogen) atoms. The van der Waals surface area contributed by atoms with Crippen molar-refractivity contribution >= 4 is 11.7 Å². The van der Waals surface area contributed by atoms with Crippen molar-refractivity contribution in [1.29, 1.82) is 0 Å². The molecular weight excluding hydrogens is 232 g/mol. The van der Waals surface area contributed by atoms with Crippen LogP contribution in [0.1, 0.15) is 18.9 Å². The number of anilines is 1. The summed E-state index contributed by atoms with van der Waals surface area (Å²) in [5.74, 6) is 0.780. The molecule has 0 radical (unpaired) electrons. The first-order valence-electron chi connectivity index (χ1n) is 5.93. The standard InChI is InChI=1S/C13H20N2O3/c1-4-10(8-16)14-13(17)15-11-5-6-12(18-3)9(2)7-11/h5-7,10,16H,4,8H2,1-3H3,(H2,14,15,17). The van der Waals surface area contributed by atoms with Crippen molar-refractivity contribution in [2.45, 2.75) is 26.3 Å². The lowest BCUT2D eigenvalue weighted by molar-refractivity contribution is 0.222. The van der Waals surface area contributed by atoms with E-state index in [1.165, 1.54) is 0 Å². The van der Waals surface area contributed by atoms with Crippen LogP contribution in [0.5, 0.6) is 5.75 Å². The summed E-state index contributed by atoms with van der Waals surface area (Å²) in [7, 11) is 1.61. The monoisotopic (exact) mass is 252 g/mol. The highest BCUT2D eigenvalue weighted by Gasteiger charge is 2.09. The van der Waals surface area contributed by atoms with Crippen LogP contribution in [0.2, 0.25) is 0 Å². The Labute approximate surface area is 107 Å². The van der Waals surface area contributed by atoms with Gasteiger partial charge in [-0.3, -0.25) is 0 Å². The summed E-state index contributed by atoms with van der Waals surface area (Å²) in [6.07, 6.45) is 0.686. The average molecular weight is 252 g/mol. The minimum Gasteiger partial charge on any atom is -0.496 e. The maximum absolute atomic E-state index is 11.6. The molecule has 100 valence electrons. The largest absolute Gasteiger partial charge is 0.496 e. The maximum Gasteiger partial charge on any atom is 0.319 e. The molecule has 0 fully saturated rings. The summed E-state index contributed by atoms with van der Waals surface area (Å²) in [4.78, 5) is 11.6. The lowest BCUT2D eigenvalue weighted by Crippen LogP contribution is -2.39. The molecule has 0 heterocycles. The summed E-state index contributed by atoms with van der Waals surface area (Å²) in [6.45, 7) is 3.74. The van der Waals surface area contributed by atoms with Crippen LogP contribution < -0.4 is 15.4 Å². The Morgan fingerprint density at radius 2 is 2.22 bits per heavy atom. The molecule has 1 rings (SSSR count). The highest BCUT2D eigenvalue weighted by molar-refractivity contribution is 5.89. The van der Waals surface area contributed by atoms with Crippen molar-refractivity contribution < 1.29 is 14.6 Å². The van der Waals surface area contributed by atoms with Gasteiger partial charge in [0.05, 0.1) is 19.8 Å². The molecule has 1 unspecified atom stereocenters. The summed E-state index contributed by atoms with van der Waals surface area (Å²) in [5, 5.41) is 14.4. The Kier molecular flexibility index (Phi) is 5.45. The first kappa shape index (κ1) is 14.3. The molecule has 0 aliphatic rings. The Morgan fingerprint density at radius 3 is 2.72 bits per heavy atom. The van der Waals surface area contributed by atoms with Crippen molar-refractivity contribution in [1.82, 2.24) is 5.32 Å². The topological polar surface area (TPSA) is 70.6 Å². The molecule has 3 N–H and O–H groups in total. The van der Waals surface area contributed by atoms with Crippen LogP contribution in [-0.4, -0.2) is 30.9 Å². The fourth-order valence-electron chi connectivity index (χ4n) is 1.59. The zero-order chi connectivity index (χ0) is 13.5. The van der Waals surface area contributed by atoms with Crippen LogP contribution in [-0.2, 0) is 0 Å². The third-order valence-corrected chi connectivity index (χ3v) is 2.70. The molecule has 2 amide bonds. The number of carbonyl (C=O) groups excluding carboxylic acids is 1. The normalized spacial score (nSPS) is 11.8. The number of aliphatic hydroxyl groups is 1. The van der Waals surface area contributed by atoms with Crippen molar-refractivity contribution in [2.24, 2.45) is 0 Å². The summed E-state index contributed by atoms with van der Waals surface area (Å²) < 4.78 is 5.14. The van der Waals surface area contributed by atoms with Crippen molar-refractivity contribution in [3.8, 4) is 5.75 Å². The van der Waals surface area contributed by atoms with Gasteiger partial charge in [0.15, 0.2) is 0 Å². The summed E-state index contributed by atoms with van der Waals surface area (Å²) >= 11 is 0. The van der Waals surface area contributed by atoms with E-state index in [1.54, 1.807) is 19.2 Å².